The average molecular weight is 416 g/mol. The van der Waals surface area contributed by atoms with E-state index in [2.05, 4.69) is 46.7 Å². The third-order valence-corrected chi connectivity index (χ3v) is 5.48. The normalized spacial score (nSPS) is 10.8. The number of carbonyl (C=O) groups excluding carboxylic acids is 1. The second kappa shape index (κ2) is 10.3. The molecule has 0 spiro atoms. The first kappa shape index (κ1) is 20.4. The zero-order chi connectivity index (χ0) is 19.8. The number of hydrogen-bond donors (Lipinski definition) is 1. The highest BCUT2D eigenvalue weighted by Gasteiger charge is 2.10. The monoisotopic (exact) mass is 415 g/mol. The van der Waals surface area contributed by atoms with Crippen LogP contribution in [0.5, 0.6) is 0 Å². The number of nitrogens with one attached hydrogen (secondary N) is 1. The molecule has 3 aromatic rings. The third kappa shape index (κ3) is 6.39. The minimum absolute atomic E-state index is 0.126. The summed E-state index contributed by atoms with van der Waals surface area (Å²) in [6.45, 7) is 2.12. The summed E-state index contributed by atoms with van der Waals surface area (Å²) in [6, 6.07) is 16.1. The molecule has 146 valence electrons. The molecule has 28 heavy (non-hydrogen) atoms. The Kier molecular flexibility index (Phi) is 7.51. The van der Waals surface area contributed by atoms with Crippen LogP contribution in [-0.4, -0.2) is 21.9 Å². The Morgan fingerprint density at radius 1 is 1.07 bits per heavy atom. The van der Waals surface area contributed by atoms with Crippen molar-refractivity contribution < 1.29 is 9.21 Å². The fraction of sp³-hybridized carbons (Fsp3) is 0.286. The summed E-state index contributed by atoms with van der Waals surface area (Å²) in [7, 11) is 0. The number of aryl methyl sites for hydroxylation is 1. The summed E-state index contributed by atoms with van der Waals surface area (Å²) in [6.07, 6.45) is 2.71. The molecule has 3 rings (SSSR count). The number of aromatic nitrogens is 2. The van der Waals surface area contributed by atoms with Gasteiger partial charge in [-0.25, -0.2) is 0 Å². The molecular formula is C21H22ClN3O2S. The number of nitrogens with zero attached hydrogens (tertiary/aromatic N) is 2. The van der Waals surface area contributed by atoms with Crippen LogP contribution in [0.4, 0.5) is 6.01 Å². The maximum atomic E-state index is 12.0. The molecule has 0 aliphatic carbocycles. The number of hydrogen-bond acceptors (Lipinski definition) is 5. The van der Waals surface area contributed by atoms with E-state index in [1.807, 2.05) is 24.3 Å². The molecule has 0 radical (unpaired) electrons. The smallest absolute Gasteiger partial charge is 0.322 e. The zero-order valence-corrected chi connectivity index (χ0v) is 17.2. The van der Waals surface area contributed by atoms with E-state index in [1.165, 1.54) is 5.56 Å². The van der Waals surface area contributed by atoms with Gasteiger partial charge in [-0.15, -0.1) is 16.9 Å². The van der Waals surface area contributed by atoms with E-state index in [9.17, 15) is 4.79 Å². The molecule has 0 unspecified atom stereocenters. The number of anilines is 1. The van der Waals surface area contributed by atoms with Crippen LogP contribution < -0.4 is 5.32 Å². The average Bonchev–Trinajstić information content (AvgIpc) is 3.14. The van der Waals surface area contributed by atoms with Crippen molar-refractivity contribution >= 4 is 35.3 Å². The molecule has 1 heterocycles. The summed E-state index contributed by atoms with van der Waals surface area (Å²) in [5.74, 6) is 1.20. The first-order valence-corrected chi connectivity index (χ1v) is 10.6. The summed E-state index contributed by atoms with van der Waals surface area (Å²) in [5, 5.41) is 11.3. The van der Waals surface area contributed by atoms with Crippen molar-refractivity contribution in [2.75, 3.05) is 11.1 Å². The van der Waals surface area contributed by atoms with Crippen molar-refractivity contribution in [1.29, 1.82) is 0 Å². The van der Waals surface area contributed by atoms with E-state index in [1.54, 1.807) is 11.8 Å². The lowest BCUT2D eigenvalue weighted by molar-refractivity contribution is -0.116. The fourth-order valence-corrected chi connectivity index (χ4v) is 3.56. The van der Waals surface area contributed by atoms with E-state index in [0.717, 1.165) is 34.1 Å². The predicted molar refractivity (Wildman–Crippen MR) is 113 cm³/mol. The van der Waals surface area contributed by atoms with Gasteiger partial charge in [0.2, 0.25) is 11.8 Å². The molecule has 0 bridgehead atoms. The van der Waals surface area contributed by atoms with Crippen LogP contribution in [0.2, 0.25) is 5.02 Å². The number of halogens is 1. The zero-order valence-electron chi connectivity index (χ0n) is 15.7. The Morgan fingerprint density at radius 3 is 2.50 bits per heavy atom. The van der Waals surface area contributed by atoms with Gasteiger partial charge in [0.1, 0.15) is 0 Å². The van der Waals surface area contributed by atoms with Gasteiger partial charge in [-0.2, -0.15) is 0 Å². The van der Waals surface area contributed by atoms with Gasteiger partial charge in [0.25, 0.3) is 0 Å². The molecule has 0 saturated heterocycles. The van der Waals surface area contributed by atoms with Crippen LogP contribution in [0.1, 0.15) is 36.8 Å². The number of carbonyl (C=O) groups is 1. The SMILES string of the molecule is CCc1ccc(Cc2nnc(NC(=O)CCCSc3ccc(Cl)cc3)o2)cc1. The molecule has 2 aromatic carbocycles. The molecule has 7 heteroatoms. The van der Waals surface area contributed by atoms with Crippen LogP contribution >= 0.6 is 23.4 Å². The van der Waals surface area contributed by atoms with Gasteiger partial charge < -0.3 is 4.42 Å². The Hall–Kier alpha value is -2.31. The highest BCUT2D eigenvalue weighted by Crippen LogP contribution is 2.21. The summed E-state index contributed by atoms with van der Waals surface area (Å²) < 4.78 is 5.53. The predicted octanol–water partition coefficient (Wildman–Crippen LogP) is 5.39. The van der Waals surface area contributed by atoms with Crippen molar-refractivity contribution in [1.82, 2.24) is 10.2 Å². The highest BCUT2D eigenvalue weighted by atomic mass is 35.5. The van der Waals surface area contributed by atoms with Gasteiger partial charge in [-0.1, -0.05) is 47.9 Å². The van der Waals surface area contributed by atoms with Crippen molar-refractivity contribution in [3.63, 3.8) is 0 Å². The maximum absolute atomic E-state index is 12.0. The second-order valence-electron chi connectivity index (χ2n) is 6.30. The Balaban J connectivity index is 1.40. The summed E-state index contributed by atoms with van der Waals surface area (Å²) in [4.78, 5) is 13.2. The van der Waals surface area contributed by atoms with Crippen LogP contribution in [-0.2, 0) is 17.6 Å². The number of rotatable bonds is 9. The maximum Gasteiger partial charge on any atom is 0.322 e. The molecule has 0 aliphatic heterocycles. The first-order chi connectivity index (χ1) is 13.6. The van der Waals surface area contributed by atoms with E-state index < -0.39 is 0 Å². The highest BCUT2D eigenvalue weighted by molar-refractivity contribution is 7.99. The van der Waals surface area contributed by atoms with Gasteiger partial charge in [0, 0.05) is 16.3 Å². The van der Waals surface area contributed by atoms with E-state index in [4.69, 9.17) is 16.0 Å². The van der Waals surface area contributed by atoms with Crippen molar-refractivity contribution in [3.05, 3.63) is 70.6 Å². The molecule has 0 fully saturated rings. The lowest BCUT2D eigenvalue weighted by atomic mass is 10.1. The van der Waals surface area contributed by atoms with Crippen molar-refractivity contribution in [2.24, 2.45) is 0 Å². The minimum Gasteiger partial charge on any atom is -0.407 e. The van der Waals surface area contributed by atoms with E-state index in [-0.39, 0.29) is 11.9 Å². The lowest BCUT2D eigenvalue weighted by Crippen LogP contribution is -2.11. The van der Waals surface area contributed by atoms with Crippen LogP contribution in [0.15, 0.2) is 57.8 Å². The fourth-order valence-electron chi connectivity index (χ4n) is 2.58. The Bertz CT molecular complexity index is 895. The number of thioether (sulfide) groups is 1. The molecule has 1 amide bonds. The third-order valence-electron chi connectivity index (χ3n) is 4.13. The largest absolute Gasteiger partial charge is 0.407 e. The summed E-state index contributed by atoms with van der Waals surface area (Å²) >= 11 is 7.56. The van der Waals surface area contributed by atoms with E-state index in [0.29, 0.717) is 18.7 Å². The Morgan fingerprint density at radius 2 is 1.79 bits per heavy atom. The van der Waals surface area contributed by atoms with Crippen LogP contribution in [0.3, 0.4) is 0 Å². The van der Waals surface area contributed by atoms with E-state index >= 15 is 0 Å². The van der Waals surface area contributed by atoms with Gasteiger partial charge in [-0.05, 0) is 54.0 Å². The van der Waals surface area contributed by atoms with Gasteiger partial charge in [-0.3, -0.25) is 10.1 Å². The molecule has 5 nitrogen and oxygen atoms in total. The van der Waals surface area contributed by atoms with Gasteiger partial charge >= 0.3 is 6.01 Å². The van der Waals surface area contributed by atoms with Crippen molar-refractivity contribution in [2.45, 2.75) is 37.5 Å². The second-order valence-corrected chi connectivity index (χ2v) is 7.91. The van der Waals surface area contributed by atoms with Gasteiger partial charge in [0.05, 0.1) is 6.42 Å². The van der Waals surface area contributed by atoms with Crippen molar-refractivity contribution in [3.8, 4) is 0 Å². The molecular weight excluding hydrogens is 394 g/mol. The molecule has 0 saturated carbocycles. The standard InChI is InChI=1S/C21H22ClN3O2S/c1-2-15-5-7-16(8-6-15)14-20-24-25-21(27-20)23-19(26)4-3-13-28-18-11-9-17(22)10-12-18/h5-12H,2-4,13-14H2,1H3,(H,23,25,26). The molecule has 0 atom stereocenters. The number of amides is 1. The lowest BCUT2D eigenvalue weighted by Gasteiger charge is -2.02. The minimum atomic E-state index is -0.126. The van der Waals surface area contributed by atoms with Gasteiger partial charge in [0.15, 0.2) is 0 Å². The van der Waals surface area contributed by atoms with Crippen LogP contribution in [0, 0.1) is 0 Å². The molecule has 1 aromatic heterocycles. The molecule has 1 N–H and O–H groups in total. The quantitative estimate of drug-likeness (QED) is 0.375. The Labute approximate surface area is 173 Å². The first-order valence-electron chi connectivity index (χ1n) is 9.21. The van der Waals surface area contributed by atoms with Crippen LogP contribution in [0.25, 0.3) is 0 Å². The number of benzene rings is 2. The molecule has 0 aliphatic rings. The topological polar surface area (TPSA) is 68.0 Å². The summed E-state index contributed by atoms with van der Waals surface area (Å²) in [5.41, 5.74) is 2.38.